The van der Waals surface area contributed by atoms with Gasteiger partial charge in [0.05, 0.1) is 5.02 Å². The van der Waals surface area contributed by atoms with Crippen LogP contribution in [0.25, 0.3) is 0 Å². The number of fused-ring (bicyclic) bond motifs is 1. The largest absolute Gasteiger partial charge is 0.486 e. The van der Waals surface area contributed by atoms with E-state index in [0.29, 0.717) is 18.2 Å². The highest BCUT2D eigenvalue weighted by atomic mass is 79.9. The first-order valence-electron chi connectivity index (χ1n) is 4.50. The van der Waals surface area contributed by atoms with Crippen molar-refractivity contribution in [2.45, 2.75) is 13.3 Å². The summed E-state index contributed by atoms with van der Waals surface area (Å²) < 4.78 is 11.9. The number of rotatable bonds is 1. The maximum absolute atomic E-state index is 6.05. The van der Waals surface area contributed by atoms with Crippen molar-refractivity contribution in [2.24, 2.45) is 0 Å². The van der Waals surface area contributed by atoms with E-state index in [2.05, 4.69) is 22.9 Å². The molecule has 1 aromatic rings. The first kappa shape index (κ1) is 10.1. The molecular weight excluding hydrogens is 267 g/mol. The fourth-order valence-electron chi connectivity index (χ4n) is 1.51. The lowest BCUT2D eigenvalue weighted by Gasteiger charge is -2.22. The van der Waals surface area contributed by atoms with Gasteiger partial charge in [-0.2, -0.15) is 0 Å². The zero-order chi connectivity index (χ0) is 10.1. The number of ether oxygens (including phenoxy) is 2. The molecule has 0 unspecified atom stereocenters. The van der Waals surface area contributed by atoms with E-state index in [0.717, 1.165) is 28.0 Å². The Morgan fingerprint density at radius 2 is 2.14 bits per heavy atom. The third kappa shape index (κ3) is 1.59. The fourth-order valence-corrected chi connectivity index (χ4v) is 2.30. The van der Waals surface area contributed by atoms with Gasteiger partial charge < -0.3 is 9.47 Å². The van der Waals surface area contributed by atoms with Crippen LogP contribution in [0.4, 0.5) is 0 Å². The Balaban J connectivity index is 2.60. The molecular formula is C10H10BrClO2. The minimum absolute atomic E-state index is 0.591. The predicted octanol–water partition coefficient (Wildman–Crippen LogP) is 3.44. The van der Waals surface area contributed by atoms with Crippen LogP contribution >= 0.6 is 27.5 Å². The second-order valence-electron chi connectivity index (χ2n) is 3.03. The summed E-state index contributed by atoms with van der Waals surface area (Å²) in [5.74, 6) is 1.58. The maximum Gasteiger partial charge on any atom is 0.165 e. The van der Waals surface area contributed by atoms with Gasteiger partial charge in [-0.15, -0.1) is 0 Å². The van der Waals surface area contributed by atoms with Crippen molar-refractivity contribution in [2.75, 3.05) is 13.2 Å². The number of halogens is 2. The average molecular weight is 278 g/mol. The highest BCUT2D eigenvalue weighted by Gasteiger charge is 2.19. The van der Waals surface area contributed by atoms with Crippen molar-refractivity contribution in [3.8, 4) is 11.5 Å². The number of hydrogen-bond acceptors (Lipinski definition) is 2. The summed E-state index contributed by atoms with van der Waals surface area (Å²) in [6.45, 7) is 3.26. The first-order chi connectivity index (χ1) is 6.74. The lowest BCUT2D eigenvalue weighted by Crippen LogP contribution is -2.16. The lowest BCUT2D eigenvalue weighted by atomic mass is 10.1. The van der Waals surface area contributed by atoms with E-state index < -0.39 is 0 Å². The minimum atomic E-state index is 0.591. The standard InChI is InChI=1S/C10H10BrClO2/c1-2-6-9(11)7(12)5-8-10(6)14-4-3-13-8/h5H,2-4H2,1H3. The summed E-state index contributed by atoms with van der Waals surface area (Å²) in [6.07, 6.45) is 0.868. The SMILES string of the molecule is CCc1c(Br)c(Cl)cc2c1OCCO2. The molecule has 0 saturated carbocycles. The van der Waals surface area contributed by atoms with E-state index in [1.54, 1.807) is 6.07 Å². The molecule has 1 heterocycles. The molecule has 0 aromatic heterocycles. The van der Waals surface area contributed by atoms with E-state index in [1.165, 1.54) is 0 Å². The molecule has 1 aliphatic heterocycles. The van der Waals surface area contributed by atoms with Crippen LogP contribution in [0.1, 0.15) is 12.5 Å². The van der Waals surface area contributed by atoms with Gasteiger partial charge in [0, 0.05) is 16.1 Å². The molecule has 1 aliphatic rings. The van der Waals surface area contributed by atoms with E-state index in [9.17, 15) is 0 Å². The van der Waals surface area contributed by atoms with Crippen LogP contribution in [0.5, 0.6) is 11.5 Å². The van der Waals surface area contributed by atoms with Gasteiger partial charge in [-0.05, 0) is 22.4 Å². The van der Waals surface area contributed by atoms with E-state index >= 15 is 0 Å². The topological polar surface area (TPSA) is 18.5 Å². The Morgan fingerprint density at radius 3 is 2.86 bits per heavy atom. The van der Waals surface area contributed by atoms with E-state index in [4.69, 9.17) is 21.1 Å². The smallest absolute Gasteiger partial charge is 0.165 e. The third-order valence-corrected chi connectivity index (χ3v) is 3.60. The van der Waals surface area contributed by atoms with Gasteiger partial charge in [-0.3, -0.25) is 0 Å². The quantitative estimate of drug-likeness (QED) is 0.783. The Hall–Kier alpha value is -0.410. The van der Waals surface area contributed by atoms with Gasteiger partial charge >= 0.3 is 0 Å². The predicted molar refractivity (Wildman–Crippen MR) is 59.5 cm³/mol. The van der Waals surface area contributed by atoms with Crippen molar-refractivity contribution in [1.82, 2.24) is 0 Å². The molecule has 2 nitrogen and oxygen atoms in total. The van der Waals surface area contributed by atoms with Crippen LogP contribution in [0.2, 0.25) is 5.02 Å². The number of hydrogen-bond donors (Lipinski definition) is 0. The first-order valence-corrected chi connectivity index (χ1v) is 5.67. The Bertz CT molecular complexity index is 366. The van der Waals surface area contributed by atoms with Gasteiger partial charge in [0.25, 0.3) is 0 Å². The second kappa shape index (κ2) is 3.99. The highest BCUT2D eigenvalue weighted by Crippen LogP contribution is 2.42. The summed E-state index contributed by atoms with van der Waals surface area (Å²) in [6, 6.07) is 1.79. The second-order valence-corrected chi connectivity index (χ2v) is 4.23. The molecule has 0 radical (unpaired) electrons. The highest BCUT2D eigenvalue weighted by molar-refractivity contribution is 9.10. The fraction of sp³-hybridized carbons (Fsp3) is 0.400. The molecule has 76 valence electrons. The molecule has 0 fully saturated rings. The molecule has 0 amide bonds. The van der Waals surface area contributed by atoms with Crippen LogP contribution in [0.15, 0.2) is 10.5 Å². The average Bonchev–Trinajstić information content (AvgIpc) is 2.20. The van der Waals surface area contributed by atoms with Crippen LogP contribution < -0.4 is 9.47 Å². The minimum Gasteiger partial charge on any atom is -0.486 e. The molecule has 1 aromatic carbocycles. The van der Waals surface area contributed by atoms with Crippen molar-refractivity contribution >= 4 is 27.5 Å². The van der Waals surface area contributed by atoms with Crippen LogP contribution in [-0.4, -0.2) is 13.2 Å². The van der Waals surface area contributed by atoms with Crippen LogP contribution in [0, 0.1) is 0 Å². The molecule has 0 saturated heterocycles. The summed E-state index contributed by atoms with van der Waals surface area (Å²) in [7, 11) is 0. The number of benzene rings is 1. The van der Waals surface area contributed by atoms with Crippen molar-refractivity contribution in [3.05, 3.63) is 21.1 Å². The van der Waals surface area contributed by atoms with Crippen LogP contribution in [0.3, 0.4) is 0 Å². The Kier molecular flexibility index (Phi) is 2.88. The van der Waals surface area contributed by atoms with Gasteiger partial charge in [-0.1, -0.05) is 18.5 Å². The van der Waals surface area contributed by atoms with Crippen molar-refractivity contribution < 1.29 is 9.47 Å². The molecule has 14 heavy (non-hydrogen) atoms. The van der Waals surface area contributed by atoms with Gasteiger partial charge in [-0.25, -0.2) is 0 Å². The maximum atomic E-state index is 6.05. The lowest BCUT2D eigenvalue weighted by molar-refractivity contribution is 0.170. The molecule has 4 heteroatoms. The molecule has 0 atom stereocenters. The summed E-state index contributed by atoms with van der Waals surface area (Å²) in [5, 5.41) is 0.672. The third-order valence-electron chi connectivity index (χ3n) is 2.17. The molecule has 0 aliphatic carbocycles. The van der Waals surface area contributed by atoms with Crippen molar-refractivity contribution in [1.29, 1.82) is 0 Å². The van der Waals surface area contributed by atoms with Crippen LogP contribution in [-0.2, 0) is 6.42 Å². The molecule has 0 spiro atoms. The molecule has 0 N–H and O–H groups in total. The van der Waals surface area contributed by atoms with E-state index in [-0.39, 0.29) is 0 Å². The Morgan fingerprint density at radius 1 is 1.43 bits per heavy atom. The Labute approximate surface area is 96.3 Å². The summed E-state index contributed by atoms with van der Waals surface area (Å²) >= 11 is 9.50. The van der Waals surface area contributed by atoms with Crippen molar-refractivity contribution in [3.63, 3.8) is 0 Å². The molecule has 0 bridgehead atoms. The van der Waals surface area contributed by atoms with E-state index in [1.807, 2.05) is 0 Å². The van der Waals surface area contributed by atoms with Gasteiger partial charge in [0.1, 0.15) is 13.2 Å². The zero-order valence-electron chi connectivity index (χ0n) is 7.77. The molecule has 2 rings (SSSR count). The summed E-state index contributed by atoms with van der Waals surface area (Å²) in [4.78, 5) is 0. The monoisotopic (exact) mass is 276 g/mol. The summed E-state index contributed by atoms with van der Waals surface area (Å²) in [5.41, 5.74) is 1.08. The zero-order valence-corrected chi connectivity index (χ0v) is 10.1. The van der Waals surface area contributed by atoms with Gasteiger partial charge in [0.15, 0.2) is 11.5 Å². The normalized spacial score (nSPS) is 14.2. The van der Waals surface area contributed by atoms with Gasteiger partial charge in [0.2, 0.25) is 0 Å².